The summed E-state index contributed by atoms with van der Waals surface area (Å²) in [5.74, 6) is -2.36. The molecule has 4 nitrogen and oxygen atoms in total. The van der Waals surface area contributed by atoms with Gasteiger partial charge < -0.3 is 9.47 Å². The third-order valence-corrected chi connectivity index (χ3v) is 4.66. The van der Waals surface area contributed by atoms with E-state index in [0.717, 1.165) is 0 Å². The van der Waals surface area contributed by atoms with Crippen LogP contribution in [-0.4, -0.2) is 29.8 Å². The van der Waals surface area contributed by atoms with Crippen LogP contribution in [-0.2, 0) is 19.1 Å². The Balaban J connectivity index is 1.88. The van der Waals surface area contributed by atoms with Gasteiger partial charge in [0.1, 0.15) is 12.2 Å². The molecule has 0 spiro atoms. The summed E-state index contributed by atoms with van der Waals surface area (Å²) in [5.41, 5.74) is -1.58. The number of rotatable bonds is 2. The summed E-state index contributed by atoms with van der Waals surface area (Å²) in [7, 11) is 0. The Kier molecular flexibility index (Phi) is 2.17. The SMILES string of the molecule is C=C(C)C(=O)OC1C2CC3C1OC(=O)C3(F)C2C. The highest BCUT2D eigenvalue weighted by molar-refractivity contribution is 5.88. The lowest BCUT2D eigenvalue weighted by molar-refractivity contribution is -0.158. The molecule has 0 amide bonds. The van der Waals surface area contributed by atoms with E-state index < -0.39 is 41.7 Å². The molecule has 3 rings (SSSR count). The number of halogens is 1. The predicted octanol–water partition coefficient (Wildman–Crippen LogP) is 1.39. The minimum Gasteiger partial charge on any atom is -0.456 e. The van der Waals surface area contributed by atoms with Crippen molar-refractivity contribution in [3.05, 3.63) is 12.2 Å². The molecule has 0 aromatic rings. The summed E-state index contributed by atoms with van der Waals surface area (Å²) in [4.78, 5) is 23.2. The number of alkyl halides is 1. The molecule has 3 fully saturated rings. The second-order valence-corrected chi connectivity index (χ2v) is 5.58. The van der Waals surface area contributed by atoms with Crippen LogP contribution >= 0.6 is 0 Å². The van der Waals surface area contributed by atoms with Crippen molar-refractivity contribution in [3.63, 3.8) is 0 Å². The van der Waals surface area contributed by atoms with Gasteiger partial charge in [0, 0.05) is 23.3 Å². The molecular formula is C13H15FO4. The Morgan fingerprint density at radius 3 is 2.89 bits per heavy atom. The first-order valence-electron chi connectivity index (χ1n) is 6.13. The normalized spacial score (nSPS) is 48.2. The molecule has 0 aromatic carbocycles. The van der Waals surface area contributed by atoms with Gasteiger partial charge in [-0.05, 0) is 13.3 Å². The smallest absolute Gasteiger partial charge is 0.345 e. The second kappa shape index (κ2) is 3.33. The highest BCUT2D eigenvalue weighted by atomic mass is 19.1. The largest absolute Gasteiger partial charge is 0.456 e. The third kappa shape index (κ3) is 1.15. The van der Waals surface area contributed by atoms with E-state index in [2.05, 4.69) is 6.58 Å². The molecule has 2 saturated carbocycles. The first kappa shape index (κ1) is 11.7. The molecule has 18 heavy (non-hydrogen) atoms. The van der Waals surface area contributed by atoms with Crippen molar-refractivity contribution in [2.24, 2.45) is 17.8 Å². The van der Waals surface area contributed by atoms with Crippen molar-refractivity contribution in [1.82, 2.24) is 0 Å². The molecule has 0 aromatic heterocycles. The first-order chi connectivity index (χ1) is 8.37. The number of carbonyl (C=O) groups excluding carboxylic acids is 2. The molecule has 0 N–H and O–H groups in total. The zero-order valence-electron chi connectivity index (χ0n) is 10.3. The molecule has 2 aliphatic carbocycles. The van der Waals surface area contributed by atoms with Crippen LogP contribution in [0.25, 0.3) is 0 Å². The number of fused-ring (bicyclic) bond motifs is 1. The van der Waals surface area contributed by atoms with E-state index in [9.17, 15) is 14.0 Å². The molecule has 1 saturated heterocycles. The zero-order valence-corrected chi connectivity index (χ0v) is 10.3. The predicted molar refractivity (Wildman–Crippen MR) is 59.2 cm³/mol. The van der Waals surface area contributed by atoms with E-state index in [0.29, 0.717) is 12.0 Å². The maximum Gasteiger partial charge on any atom is 0.345 e. The third-order valence-electron chi connectivity index (χ3n) is 4.66. The maximum absolute atomic E-state index is 14.6. The second-order valence-electron chi connectivity index (χ2n) is 5.58. The summed E-state index contributed by atoms with van der Waals surface area (Å²) in [5, 5.41) is 0. The highest BCUT2D eigenvalue weighted by Crippen LogP contribution is 2.62. The Labute approximate surface area is 104 Å². The van der Waals surface area contributed by atoms with Crippen LogP contribution in [0, 0.1) is 17.8 Å². The van der Waals surface area contributed by atoms with E-state index in [1.54, 1.807) is 13.8 Å². The van der Waals surface area contributed by atoms with Crippen LogP contribution in [0.2, 0.25) is 0 Å². The van der Waals surface area contributed by atoms with Crippen LogP contribution in [0.1, 0.15) is 20.3 Å². The van der Waals surface area contributed by atoms with Crippen molar-refractivity contribution in [1.29, 1.82) is 0 Å². The van der Waals surface area contributed by atoms with Gasteiger partial charge in [-0.15, -0.1) is 0 Å². The highest BCUT2D eigenvalue weighted by Gasteiger charge is 2.76. The van der Waals surface area contributed by atoms with Crippen molar-refractivity contribution < 1.29 is 23.5 Å². The lowest BCUT2D eigenvalue weighted by atomic mass is 9.77. The van der Waals surface area contributed by atoms with Gasteiger partial charge in [0.2, 0.25) is 5.67 Å². The topological polar surface area (TPSA) is 52.6 Å². The van der Waals surface area contributed by atoms with Gasteiger partial charge in [-0.25, -0.2) is 14.0 Å². The lowest BCUT2D eigenvalue weighted by Gasteiger charge is -2.32. The van der Waals surface area contributed by atoms with E-state index in [1.165, 1.54) is 0 Å². The van der Waals surface area contributed by atoms with Crippen molar-refractivity contribution in [2.45, 2.75) is 38.1 Å². The summed E-state index contributed by atoms with van der Waals surface area (Å²) < 4.78 is 25.0. The number of ether oxygens (including phenoxy) is 2. The van der Waals surface area contributed by atoms with E-state index in [4.69, 9.17) is 9.47 Å². The molecular weight excluding hydrogens is 239 g/mol. The standard InChI is InChI=1S/C13H15FO4/c1-5(2)11(15)17-9-7-4-8-10(9)18-12(16)13(8,14)6(7)3/h6-10H,1,4H2,2-3H3. The van der Waals surface area contributed by atoms with Gasteiger partial charge in [-0.3, -0.25) is 0 Å². The summed E-state index contributed by atoms with van der Waals surface area (Å²) in [6.07, 6.45) is -0.598. The van der Waals surface area contributed by atoms with Gasteiger partial charge in [0.05, 0.1) is 0 Å². The van der Waals surface area contributed by atoms with E-state index >= 15 is 0 Å². The molecule has 2 bridgehead atoms. The van der Waals surface area contributed by atoms with Crippen LogP contribution in [0.4, 0.5) is 4.39 Å². The number of carbonyl (C=O) groups is 2. The Morgan fingerprint density at radius 2 is 2.28 bits per heavy atom. The minimum atomic E-state index is -1.87. The Morgan fingerprint density at radius 1 is 1.61 bits per heavy atom. The van der Waals surface area contributed by atoms with Crippen molar-refractivity contribution in [3.8, 4) is 0 Å². The molecule has 6 atom stereocenters. The fraction of sp³-hybridized carbons (Fsp3) is 0.692. The van der Waals surface area contributed by atoms with Gasteiger partial charge in [0.25, 0.3) is 0 Å². The summed E-state index contributed by atoms with van der Waals surface area (Å²) in [6.45, 7) is 6.76. The first-order valence-corrected chi connectivity index (χ1v) is 6.13. The molecule has 6 unspecified atom stereocenters. The van der Waals surface area contributed by atoms with Crippen LogP contribution in [0.5, 0.6) is 0 Å². The lowest BCUT2D eigenvalue weighted by Crippen LogP contribution is -2.47. The Bertz CT molecular complexity index is 460. The maximum atomic E-state index is 14.6. The van der Waals surface area contributed by atoms with Crippen LogP contribution in [0.15, 0.2) is 12.2 Å². The van der Waals surface area contributed by atoms with Crippen molar-refractivity contribution in [2.75, 3.05) is 0 Å². The average Bonchev–Trinajstić information content (AvgIpc) is 2.84. The quantitative estimate of drug-likeness (QED) is 0.552. The summed E-state index contributed by atoms with van der Waals surface area (Å²) in [6, 6.07) is 0. The van der Waals surface area contributed by atoms with Gasteiger partial charge in [-0.2, -0.15) is 0 Å². The van der Waals surface area contributed by atoms with Crippen LogP contribution in [0.3, 0.4) is 0 Å². The van der Waals surface area contributed by atoms with Crippen molar-refractivity contribution >= 4 is 11.9 Å². The van der Waals surface area contributed by atoms with E-state index in [-0.39, 0.29) is 5.92 Å². The molecule has 98 valence electrons. The fourth-order valence-corrected chi connectivity index (χ4v) is 3.66. The monoisotopic (exact) mass is 254 g/mol. The average molecular weight is 254 g/mol. The summed E-state index contributed by atoms with van der Waals surface area (Å²) >= 11 is 0. The number of hydrogen-bond donors (Lipinski definition) is 0. The fourth-order valence-electron chi connectivity index (χ4n) is 3.66. The Hall–Kier alpha value is -1.39. The van der Waals surface area contributed by atoms with Crippen LogP contribution < -0.4 is 0 Å². The molecule has 0 radical (unpaired) electrons. The molecule has 1 aliphatic heterocycles. The number of esters is 2. The van der Waals surface area contributed by atoms with E-state index in [1.807, 2.05) is 0 Å². The van der Waals surface area contributed by atoms with Gasteiger partial charge >= 0.3 is 11.9 Å². The van der Waals surface area contributed by atoms with Gasteiger partial charge in [-0.1, -0.05) is 13.5 Å². The molecule has 5 heteroatoms. The number of hydrogen-bond acceptors (Lipinski definition) is 4. The zero-order chi connectivity index (χ0) is 13.2. The van der Waals surface area contributed by atoms with Gasteiger partial charge in [0.15, 0.2) is 0 Å². The molecule has 1 heterocycles. The molecule has 3 aliphatic rings. The minimum absolute atomic E-state index is 0.139.